The van der Waals surface area contributed by atoms with Crippen molar-refractivity contribution in [3.05, 3.63) is 42.2 Å². The van der Waals surface area contributed by atoms with Crippen molar-refractivity contribution in [2.45, 2.75) is 32.0 Å². The minimum atomic E-state index is -1.02. The second-order valence-electron chi connectivity index (χ2n) is 7.50. The van der Waals surface area contributed by atoms with Crippen molar-refractivity contribution in [2.75, 3.05) is 49.7 Å². The van der Waals surface area contributed by atoms with Crippen LogP contribution >= 0.6 is 0 Å². The first-order valence-electron chi connectivity index (χ1n) is 10.8. The van der Waals surface area contributed by atoms with Gasteiger partial charge in [-0.1, -0.05) is 6.07 Å². The van der Waals surface area contributed by atoms with Gasteiger partial charge in [-0.05, 0) is 31.9 Å². The predicted molar refractivity (Wildman–Crippen MR) is 116 cm³/mol. The number of benzene rings is 1. The fraction of sp³-hybridized carbons (Fsp3) is 0.500. The van der Waals surface area contributed by atoms with E-state index in [0.717, 1.165) is 32.0 Å². The number of aromatic nitrogens is 2. The number of halogens is 2. The molecule has 3 heterocycles. The zero-order valence-electron chi connectivity index (χ0n) is 18.4. The lowest BCUT2D eigenvalue weighted by Crippen LogP contribution is -2.37. The largest absolute Gasteiger partial charge is 0.488 e. The molecule has 0 bridgehead atoms. The van der Waals surface area contributed by atoms with Gasteiger partial charge in [0.05, 0.1) is 44.0 Å². The molecule has 1 aromatic carbocycles. The first-order valence-corrected chi connectivity index (χ1v) is 10.8. The lowest BCUT2D eigenvalue weighted by atomic mass is 10.2. The van der Waals surface area contributed by atoms with E-state index in [1.807, 2.05) is 6.92 Å². The lowest BCUT2D eigenvalue weighted by Gasteiger charge is -2.26. The Morgan fingerprint density at radius 1 is 1.24 bits per heavy atom. The molecule has 33 heavy (non-hydrogen) atoms. The SMILES string of the molecule is CC1CCC(C(=O)Nc2cnc(N3CCOCC3)nc2)O1.OCCOc1cccc(F)c1F. The number of aliphatic hydroxyl groups excluding tert-OH is 1. The van der Waals surface area contributed by atoms with Gasteiger partial charge in [-0.15, -0.1) is 0 Å². The summed E-state index contributed by atoms with van der Waals surface area (Å²) in [6.07, 6.45) is 4.74. The van der Waals surface area contributed by atoms with E-state index in [9.17, 15) is 13.6 Å². The number of aliphatic hydroxyl groups is 1. The lowest BCUT2D eigenvalue weighted by molar-refractivity contribution is -0.126. The second-order valence-corrected chi connectivity index (χ2v) is 7.50. The highest BCUT2D eigenvalue weighted by Crippen LogP contribution is 2.21. The number of carbonyl (C=O) groups excluding carboxylic acids is 1. The molecule has 4 rings (SSSR count). The number of nitrogens with one attached hydrogen (secondary N) is 1. The van der Waals surface area contributed by atoms with Crippen LogP contribution in [0.4, 0.5) is 20.4 Å². The van der Waals surface area contributed by atoms with Gasteiger partial charge in [-0.2, -0.15) is 4.39 Å². The molecule has 0 saturated carbocycles. The molecule has 180 valence electrons. The monoisotopic (exact) mass is 466 g/mol. The standard InChI is InChI=1S/C14H20N4O3.C8H8F2O2/c1-10-2-3-12(21-10)13(19)17-11-8-15-14(16-9-11)18-4-6-20-7-5-18;9-6-2-1-3-7(8(6)10)12-5-4-11/h8-10,12H,2-7H2,1H3,(H,17,19);1-3,11H,4-5H2. The van der Waals surface area contributed by atoms with Crippen LogP contribution in [0.25, 0.3) is 0 Å². The third-order valence-corrected chi connectivity index (χ3v) is 4.99. The summed E-state index contributed by atoms with van der Waals surface area (Å²) in [5.41, 5.74) is 0.597. The highest BCUT2D eigenvalue weighted by atomic mass is 19.2. The van der Waals surface area contributed by atoms with Crippen LogP contribution in [-0.2, 0) is 14.3 Å². The van der Waals surface area contributed by atoms with E-state index < -0.39 is 11.6 Å². The highest BCUT2D eigenvalue weighted by molar-refractivity contribution is 5.94. The Labute approximate surface area is 190 Å². The maximum Gasteiger partial charge on any atom is 0.253 e. The maximum atomic E-state index is 12.7. The van der Waals surface area contributed by atoms with Gasteiger partial charge in [0.1, 0.15) is 12.7 Å². The van der Waals surface area contributed by atoms with E-state index in [4.69, 9.17) is 19.3 Å². The van der Waals surface area contributed by atoms with E-state index in [-0.39, 0.29) is 37.1 Å². The molecule has 2 aliphatic rings. The summed E-state index contributed by atoms with van der Waals surface area (Å²) in [6, 6.07) is 3.64. The van der Waals surface area contributed by atoms with Gasteiger partial charge >= 0.3 is 0 Å². The van der Waals surface area contributed by atoms with E-state index in [1.165, 1.54) is 12.1 Å². The molecule has 2 fully saturated rings. The van der Waals surface area contributed by atoms with Gasteiger partial charge in [-0.25, -0.2) is 14.4 Å². The van der Waals surface area contributed by atoms with Crippen molar-refractivity contribution in [2.24, 2.45) is 0 Å². The predicted octanol–water partition coefficient (Wildman–Crippen LogP) is 2.16. The average Bonchev–Trinajstić information content (AvgIpc) is 3.28. The Hall–Kier alpha value is -2.89. The fourth-order valence-corrected chi connectivity index (χ4v) is 3.28. The number of nitrogens with zero attached hydrogens (tertiary/aromatic N) is 3. The van der Waals surface area contributed by atoms with Gasteiger partial charge in [-0.3, -0.25) is 4.79 Å². The average molecular weight is 466 g/mol. The Morgan fingerprint density at radius 3 is 2.61 bits per heavy atom. The topological polar surface area (TPSA) is 106 Å². The Kier molecular flexibility index (Phi) is 9.28. The minimum absolute atomic E-state index is 0.0413. The molecular formula is C22H28F2N4O5. The zero-order valence-corrected chi connectivity index (χ0v) is 18.4. The molecule has 0 aliphatic carbocycles. The van der Waals surface area contributed by atoms with Crippen LogP contribution in [0.3, 0.4) is 0 Å². The van der Waals surface area contributed by atoms with Crippen molar-refractivity contribution in [1.29, 1.82) is 0 Å². The summed E-state index contributed by atoms with van der Waals surface area (Å²) in [6.45, 7) is 4.68. The molecule has 0 spiro atoms. The molecule has 2 N–H and O–H groups in total. The van der Waals surface area contributed by atoms with Crippen LogP contribution in [0.15, 0.2) is 30.6 Å². The van der Waals surface area contributed by atoms with Gasteiger partial charge < -0.3 is 29.5 Å². The Balaban J connectivity index is 0.000000218. The molecule has 1 aromatic heterocycles. The molecule has 2 atom stereocenters. The van der Waals surface area contributed by atoms with E-state index in [1.54, 1.807) is 12.4 Å². The fourth-order valence-electron chi connectivity index (χ4n) is 3.28. The van der Waals surface area contributed by atoms with Crippen molar-refractivity contribution in [3.8, 4) is 5.75 Å². The molecule has 0 radical (unpaired) electrons. The van der Waals surface area contributed by atoms with Crippen LogP contribution in [0.2, 0.25) is 0 Å². The molecule has 2 saturated heterocycles. The Morgan fingerprint density at radius 2 is 1.97 bits per heavy atom. The number of hydrogen-bond acceptors (Lipinski definition) is 8. The number of amides is 1. The van der Waals surface area contributed by atoms with Crippen molar-refractivity contribution in [1.82, 2.24) is 9.97 Å². The van der Waals surface area contributed by atoms with Crippen molar-refractivity contribution in [3.63, 3.8) is 0 Å². The maximum absolute atomic E-state index is 12.7. The summed E-state index contributed by atoms with van der Waals surface area (Å²) in [5, 5.41) is 11.1. The van der Waals surface area contributed by atoms with Crippen LogP contribution in [-0.4, -0.2) is 72.7 Å². The summed E-state index contributed by atoms with van der Waals surface area (Å²) in [7, 11) is 0. The quantitative estimate of drug-likeness (QED) is 0.667. The van der Waals surface area contributed by atoms with E-state index in [0.29, 0.717) is 24.8 Å². The number of ether oxygens (including phenoxy) is 3. The molecule has 11 heteroatoms. The summed E-state index contributed by atoms with van der Waals surface area (Å²) < 4.78 is 40.8. The minimum Gasteiger partial charge on any atom is -0.488 e. The van der Waals surface area contributed by atoms with E-state index >= 15 is 0 Å². The van der Waals surface area contributed by atoms with Crippen molar-refractivity contribution >= 4 is 17.5 Å². The highest BCUT2D eigenvalue weighted by Gasteiger charge is 2.28. The van der Waals surface area contributed by atoms with Crippen LogP contribution in [0.5, 0.6) is 5.75 Å². The van der Waals surface area contributed by atoms with Gasteiger partial charge in [0.15, 0.2) is 11.6 Å². The second kappa shape index (κ2) is 12.4. The number of morpholine rings is 1. The number of hydrogen-bond donors (Lipinski definition) is 2. The molecule has 2 aromatic rings. The third kappa shape index (κ3) is 7.31. The molecular weight excluding hydrogens is 438 g/mol. The van der Waals surface area contributed by atoms with Crippen LogP contribution in [0, 0.1) is 11.6 Å². The molecule has 2 aliphatic heterocycles. The first kappa shape index (κ1) is 24.7. The summed E-state index contributed by atoms with van der Waals surface area (Å²) in [4.78, 5) is 22.7. The first-order chi connectivity index (χ1) is 16.0. The van der Waals surface area contributed by atoms with Crippen molar-refractivity contribution < 1.29 is 32.9 Å². The third-order valence-electron chi connectivity index (χ3n) is 4.99. The summed E-state index contributed by atoms with van der Waals surface area (Å²) >= 11 is 0. The normalized spacial score (nSPS) is 20.1. The zero-order chi connectivity index (χ0) is 23.6. The smallest absolute Gasteiger partial charge is 0.253 e. The molecule has 9 nitrogen and oxygen atoms in total. The number of anilines is 2. The Bertz CT molecular complexity index is 897. The number of carbonyl (C=O) groups is 1. The van der Waals surface area contributed by atoms with Crippen LogP contribution < -0.4 is 15.0 Å². The molecule has 1 amide bonds. The van der Waals surface area contributed by atoms with E-state index in [2.05, 4.69) is 20.2 Å². The number of rotatable bonds is 6. The van der Waals surface area contributed by atoms with Crippen LogP contribution in [0.1, 0.15) is 19.8 Å². The van der Waals surface area contributed by atoms with Gasteiger partial charge in [0.2, 0.25) is 11.8 Å². The van der Waals surface area contributed by atoms with Gasteiger partial charge in [0.25, 0.3) is 5.91 Å². The summed E-state index contributed by atoms with van der Waals surface area (Å²) in [5.74, 6) is -1.61. The van der Waals surface area contributed by atoms with Gasteiger partial charge in [0, 0.05) is 13.1 Å². The molecule has 2 unspecified atom stereocenters.